The number of sulfonamides is 1. The smallest absolute Gasteiger partial charge is 0.213 e. The van der Waals surface area contributed by atoms with E-state index in [1.807, 2.05) is 17.6 Å². The zero-order valence-corrected chi connectivity index (χ0v) is 14.0. The van der Waals surface area contributed by atoms with Crippen molar-refractivity contribution in [1.29, 1.82) is 0 Å². The fourth-order valence-electron chi connectivity index (χ4n) is 2.57. The number of thiophene rings is 1. The first-order chi connectivity index (χ1) is 10.6. The van der Waals surface area contributed by atoms with E-state index in [1.165, 1.54) is 4.88 Å². The Balaban J connectivity index is 1.58. The van der Waals surface area contributed by atoms with E-state index >= 15 is 0 Å². The number of imidazole rings is 1. The van der Waals surface area contributed by atoms with Crippen molar-refractivity contribution in [1.82, 2.24) is 19.6 Å². The molecule has 0 aliphatic carbocycles. The molecule has 1 aliphatic heterocycles. The van der Waals surface area contributed by atoms with E-state index in [-0.39, 0.29) is 11.8 Å². The van der Waals surface area contributed by atoms with Gasteiger partial charge in [0, 0.05) is 36.9 Å². The summed E-state index contributed by atoms with van der Waals surface area (Å²) in [6, 6.07) is 4.14. The molecule has 1 atom stereocenters. The Kier molecular flexibility index (Phi) is 4.62. The number of rotatable bonds is 7. The predicted molar refractivity (Wildman–Crippen MR) is 87.3 cm³/mol. The van der Waals surface area contributed by atoms with Crippen LogP contribution in [-0.4, -0.2) is 48.1 Å². The third kappa shape index (κ3) is 3.24. The van der Waals surface area contributed by atoms with Gasteiger partial charge >= 0.3 is 0 Å². The molecule has 0 aromatic carbocycles. The van der Waals surface area contributed by atoms with Crippen molar-refractivity contribution < 1.29 is 8.42 Å². The van der Waals surface area contributed by atoms with E-state index in [1.54, 1.807) is 28.8 Å². The van der Waals surface area contributed by atoms with Crippen LogP contribution in [-0.2, 0) is 10.0 Å². The molecule has 0 radical (unpaired) electrons. The maximum Gasteiger partial charge on any atom is 0.213 e. The highest BCUT2D eigenvalue weighted by atomic mass is 32.2. The summed E-state index contributed by atoms with van der Waals surface area (Å²) in [5.74, 6) is 1.43. The molecule has 22 heavy (non-hydrogen) atoms. The molecular formula is C14H20N4O2S2. The number of aromatic amines is 1. The highest BCUT2D eigenvalue weighted by Gasteiger charge is 2.34. The van der Waals surface area contributed by atoms with Crippen LogP contribution in [0.3, 0.4) is 0 Å². The number of nitrogens with zero attached hydrogens (tertiary/aromatic N) is 2. The van der Waals surface area contributed by atoms with Gasteiger partial charge in [-0.25, -0.2) is 17.7 Å². The van der Waals surface area contributed by atoms with Crippen LogP contribution in [0.25, 0.3) is 0 Å². The molecule has 2 N–H and O–H groups in total. The molecule has 6 nitrogen and oxygen atoms in total. The van der Waals surface area contributed by atoms with Crippen LogP contribution in [0.5, 0.6) is 0 Å². The Bertz CT molecular complexity index is 642. The van der Waals surface area contributed by atoms with Crippen LogP contribution >= 0.6 is 11.3 Å². The summed E-state index contributed by atoms with van der Waals surface area (Å²) in [6.45, 7) is 3.68. The average molecular weight is 340 g/mol. The van der Waals surface area contributed by atoms with E-state index in [9.17, 15) is 8.42 Å². The van der Waals surface area contributed by atoms with Crippen LogP contribution in [0.2, 0.25) is 0 Å². The molecule has 0 amide bonds. The van der Waals surface area contributed by atoms with Crippen LogP contribution in [0.15, 0.2) is 29.9 Å². The summed E-state index contributed by atoms with van der Waals surface area (Å²) < 4.78 is 25.0. The van der Waals surface area contributed by atoms with E-state index < -0.39 is 10.0 Å². The average Bonchev–Trinajstić information content (AvgIpc) is 3.14. The van der Waals surface area contributed by atoms with Crippen molar-refractivity contribution in [2.24, 2.45) is 5.92 Å². The maximum atomic E-state index is 11.7. The summed E-state index contributed by atoms with van der Waals surface area (Å²) >= 11 is 1.69. The van der Waals surface area contributed by atoms with E-state index in [0.29, 0.717) is 19.0 Å². The van der Waals surface area contributed by atoms with Crippen LogP contribution in [0.1, 0.15) is 23.7 Å². The normalized spacial score (nSPS) is 18.2. The standard InChI is InChI=1S/C14H20N4O2S2/c1-2-22(19,20)18-9-11(10-18)8-17-13(12-4-3-7-21-12)14-15-5-6-16-14/h3-7,11,13,17H,2,8-10H2,1H3,(H,15,16)/t13-/m1/s1. The van der Waals surface area contributed by atoms with Gasteiger partial charge in [-0.15, -0.1) is 11.3 Å². The largest absolute Gasteiger partial charge is 0.347 e. The lowest BCUT2D eigenvalue weighted by Gasteiger charge is -2.38. The van der Waals surface area contributed by atoms with Crippen LogP contribution in [0, 0.1) is 5.92 Å². The lowest BCUT2D eigenvalue weighted by Crippen LogP contribution is -2.53. The molecule has 1 fully saturated rings. The topological polar surface area (TPSA) is 78.1 Å². The molecule has 8 heteroatoms. The number of nitrogens with one attached hydrogen (secondary N) is 2. The second-order valence-corrected chi connectivity index (χ2v) is 8.65. The fraction of sp³-hybridized carbons (Fsp3) is 0.500. The monoisotopic (exact) mass is 340 g/mol. The fourth-order valence-corrected chi connectivity index (χ4v) is 4.61. The quantitative estimate of drug-likeness (QED) is 0.799. The van der Waals surface area contributed by atoms with E-state index in [2.05, 4.69) is 21.4 Å². The molecular weight excluding hydrogens is 320 g/mol. The van der Waals surface area contributed by atoms with Gasteiger partial charge in [0.2, 0.25) is 10.0 Å². The summed E-state index contributed by atoms with van der Waals surface area (Å²) in [4.78, 5) is 8.70. The van der Waals surface area contributed by atoms with Crippen molar-refractivity contribution >= 4 is 21.4 Å². The molecule has 0 saturated carbocycles. The molecule has 3 heterocycles. The number of H-pyrrole nitrogens is 1. The molecule has 3 rings (SSSR count). The van der Waals surface area contributed by atoms with Gasteiger partial charge in [0.1, 0.15) is 11.9 Å². The van der Waals surface area contributed by atoms with Crippen molar-refractivity contribution in [2.75, 3.05) is 25.4 Å². The Hall–Kier alpha value is -1.22. The Morgan fingerprint density at radius 3 is 2.95 bits per heavy atom. The van der Waals surface area contributed by atoms with Crippen molar-refractivity contribution in [3.05, 3.63) is 40.6 Å². The molecule has 1 saturated heterocycles. The minimum absolute atomic E-state index is 0.0341. The minimum Gasteiger partial charge on any atom is -0.347 e. The van der Waals surface area contributed by atoms with Crippen molar-refractivity contribution in [3.8, 4) is 0 Å². The Labute approximate surface area is 134 Å². The Morgan fingerprint density at radius 2 is 2.36 bits per heavy atom. The van der Waals surface area contributed by atoms with Gasteiger partial charge in [-0.1, -0.05) is 6.07 Å². The third-order valence-corrected chi connectivity index (χ3v) is 6.66. The van der Waals surface area contributed by atoms with Gasteiger partial charge < -0.3 is 10.3 Å². The molecule has 0 bridgehead atoms. The first-order valence-electron chi connectivity index (χ1n) is 7.34. The lowest BCUT2D eigenvalue weighted by atomic mass is 10.0. The van der Waals surface area contributed by atoms with Gasteiger partial charge in [0.25, 0.3) is 0 Å². The summed E-state index contributed by atoms with van der Waals surface area (Å²) in [5, 5.41) is 5.56. The third-order valence-electron chi connectivity index (χ3n) is 3.91. The number of hydrogen-bond donors (Lipinski definition) is 2. The SMILES string of the molecule is CCS(=O)(=O)N1CC(CN[C@@H](c2ncc[nH]2)c2cccs2)C1. The van der Waals surface area contributed by atoms with E-state index in [0.717, 1.165) is 12.4 Å². The molecule has 120 valence electrons. The van der Waals surface area contributed by atoms with Gasteiger partial charge in [0.05, 0.1) is 5.75 Å². The second-order valence-electron chi connectivity index (χ2n) is 5.41. The van der Waals surface area contributed by atoms with E-state index in [4.69, 9.17) is 0 Å². The minimum atomic E-state index is -3.03. The van der Waals surface area contributed by atoms with Gasteiger partial charge in [-0.3, -0.25) is 0 Å². The summed E-state index contributed by atoms with van der Waals surface area (Å²) in [6.07, 6.45) is 3.56. The zero-order valence-electron chi connectivity index (χ0n) is 12.4. The maximum absolute atomic E-state index is 11.7. The van der Waals surface area contributed by atoms with Crippen LogP contribution < -0.4 is 5.32 Å². The number of hydrogen-bond acceptors (Lipinski definition) is 5. The summed E-state index contributed by atoms with van der Waals surface area (Å²) in [7, 11) is -3.03. The second kappa shape index (κ2) is 6.49. The predicted octanol–water partition coefficient (Wildman–Crippen LogP) is 1.43. The van der Waals surface area contributed by atoms with Crippen LogP contribution in [0.4, 0.5) is 0 Å². The lowest BCUT2D eigenvalue weighted by molar-refractivity contribution is 0.193. The van der Waals surface area contributed by atoms with Gasteiger partial charge in [-0.05, 0) is 24.3 Å². The molecule has 0 unspecified atom stereocenters. The van der Waals surface area contributed by atoms with Gasteiger partial charge in [0.15, 0.2) is 0 Å². The van der Waals surface area contributed by atoms with Gasteiger partial charge in [-0.2, -0.15) is 0 Å². The van der Waals surface area contributed by atoms with Crippen molar-refractivity contribution in [2.45, 2.75) is 13.0 Å². The highest BCUT2D eigenvalue weighted by molar-refractivity contribution is 7.89. The molecule has 1 aliphatic rings. The Morgan fingerprint density at radius 1 is 1.55 bits per heavy atom. The molecule has 0 spiro atoms. The first-order valence-corrected chi connectivity index (χ1v) is 9.83. The molecule has 2 aromatic heterocycles. The highest BCUT2D eigenvalue weighted by Crippen LogP contribution is 2.25. The zero-order chi connectivity index (χ0) is 15.6. The first kappa shape index (κ1) is 15.7. The van der Waals surface area contributed by atoms with Crippen molar-refractivity contribution in [3.63, 3.8) is 0 Å². The molecule has 2 aromatic rings. The summed E-state index contributed by atoms with van der Waals surface area (Å²) in [5.41, 5.74) is 0. The number of aromatic nitrogens is 2.